The van der Waals surface area contributed by atoms with Gasteiger partial charge in [-0.15, -0.1) is 0 Å². The minimum Gasteiger partial charge on any atom is -0.502 e. The molecule has 1 aliphatic heterocycles. The molecule has 2 heterocycles. The standard InChI is InChI=1S/C26H25N3O3/c1-3-27-15-29(28-12-11-22(30)24(31)23(28)25(27)32)26-18(13-17-8-4-5-9-20(17)26)14-19-16(2)7-6-10-21(19)26/h4-12,18,31H,3,13-15H2,1-2H3. The highest BCUT2D eigenvalue weighted by Gasteiger charge is 2.58. The van der Waals surface area contributed by atoms with E-state index in [9.17, 15) is 14.7 Å². The number of rotatable bonds is 2. The molecule has 2 aliphatic carbocycles. The second-order valence-corrected chi connectivity index (χ2v) is 9.05. The summed E-state index contributed by atoms with van der Waals surface area (Å²) in [6.45, 7) is 4.95. The number of amides is 1. The summed E-state index contributed by atoms with van der Waals surface area (Å²) in [5.74, 6) is -0.514. The molecule has 2 aromatic carbocycles. The lowest BCUT2D eigenvalue weighted by molar-refractivity contribution is 0.0658. The third-order valence-electron chi connectivity index (χ3n) is 7.65. The van der Waals surface area contributed by atoms with Gasteiger partial charge in [-0.2, -0.15) is 0 Å². The molecule has 6 nitrogen and oxygen atoms in total. The van der Waals surface area contributed by atoms with E-state index < -0.39 is 16.7 Å². The normalized spacial score (nSPS) is 23.1. The number of hydrogen-bond donors (Lipinski definition) is 1. The Hall–Kier alpha value is -3.54. The van der Waals surface area contributed by atoms with Gasteiger partial charge in [0.05, 0.1) is 0 Å². The van der Waals surface area contributed by atoms with Gasteiger partial charge in [0.25, 0.3) is 5.91 Å². The molecule has 0 spiro atoms. The van der Waals surface area contributed by atoms with Crippen LogP contribution in [0.3, 0.4) is 0 Å². The van der Waals surface area contributed by atoms with Crippen molar-refractivity contribution in [2.24, 2.45) is 5.92 Å². The van der Waals surface area contributed by atoms with E-state index in [0.717, 1.165) is 12.8 Å². The molecule has 32 heavy (non-hydrogen) atoms. The average molecular weight is 428 g/mol. The zero-order valence-electron chi connectivity index (χ0n) is 18.2. The van der Waals surface area contributed by atoms with Gasteiger partial charge in [0.1, 0.15) is 12.2 Å². The van der Waals surface area contributed by atoms with E-state index in [2.05, 4.69) is 54.4 Å². The topological polar surface area (TPSA) is 65.8 Å². The summed E-state index contributed by atoms with van der Waals surface area (Å²) in [5.41, 5.74) is 5.47. The van der Waals surface area contributed by atoms with E-state index in [1.807, 2.05) is 6.92 Å². The second-order valence-electron chi connectivity index (χ2n) is 9.05. The van der Waals surface area contributed by atoms with Gasteiger partial charge in [0, 0.05) is 24.7 Å². The Bertz CT molecular complexity index is 1340. The Labute approximate surface area is 186 Å². The number of carbonyl (C=O) groups is 1. The van der Waals surface area contributed by atoms with Crippen molar-refractivity contribution in [2.75, 3.05) is 18.2 Å². The van der Waals surface area contributed by atoms with Gasteiger partial charge in [-0.3, -0.25) is 19.3 Å². The SMILES string of the molecule is CCN1CN(C23c4ccccc4CC2Cc2c(C)cccc23)n2ccc(=O)c(O)c2C1=O. The van der Waals surface area contributed by atoms with E-state index >= 15 is 0 Å². The minimum atomic E-state index is -0.536. The van der Waals surface area contributed by atoms with Crippen LogP contribution < -0.4 is 10.4 Å². The Morgan fingerprint density at radius 1 is 1.03 bits per heavy atom. The summed E-state index contributed by atoms with van der Waals surface area (Å²) in [5, 5.41) is 12.9. The lowest BCUT2D eigenvalue weighted by Gasteiger charge is -2.50. The minimum absolute atomic E-state index is 0.0456. The summed E-state index contributed by atoms with van der Waals surface area (Å²) in [6, 6.07) is 16.4. The Kier molecular flexibility index (Phi) is 3.88. The first-order chi connectivity index (χ1) is 15.5. The number of aryl methyl sites for hydroxylation is 1. The molecule has 3 aromatic rings. The van der Waals surface area contributed by atoms with Crippen LogP contribution in [0.25, 0.3) is 0 Å². The van der Waals surface area contributed by atoms with Crippen molar-refractivity contribution < 1.29 is 9.90 Å². The molecule has 162 valence electrons. The van der Waals surface area contributed by atoms with Crippen molar-refractivity contribution in [3.8, 4) is 5.75 Å². The Morgan fingerprint density at radius 2 is 1.81 bits per heavy atom. The molecule has 0 fully saturated rings. The van der Waals surface area contributed by atoms with Crippen LogP contribution >= 0.6 is 0 Å². The van der Waals surface area contributed by atoms with Crippen LogP contribution in [0, 0.1) is 12.8 Å². The van der Waals surface area contributed by atoms with E-state index in [1.54, 1.807) is 15.8 Å². The zero-order chi connectivity index (χ0) is 22.2. The summed E-state index contributed by atoms with van der Waals surface area (Å²) in [6.07, 6.45) is 3.54. The number of benzene rings is 2. The fourth-order valence-electron chi connectivity index (χ4n) is 6.24. The number of pyridine rings is 1. The van der Waals surface area contributed by atoms with Crippen molar-refractivity contribution in [2.45, 2.75) is 32.2 Å². The van der Waals surface area contributed by atoms with Gasteiger partial charge in [-0.05, 0) is 54.5 Å². The predicted molar refractivity (Wildman–Crippen MR) is 121 cm³/mol. The van der Waals surface area contributed by atoms with Crippen LogP contribution in [0.2, 0.25) is 0 Å². The Balaban J connectivity index is 1.71. The molecule has 0 saturated heterocycles. The van der Waals surface area contributed by atoms with Crippen molar-refractivity contribution in [3.05, 3.63) is 98.5 Å². The van der Waals surface area contributed by atoms with Gasteiger partial charge in [0.2, 0.25) is 5.43 Å². The molecule has 1 amide bonds. The first-order valence-corrected chi connectivity index (χ1v) is 11.2. The average Bonchev–Trinajstić information content (AvgIpc) is 3.29. The predicted octanol–water partition coefficient (Wildman–Crippen LogP) is 2.91. The third-order valence-corrected chi connectivity index (χ3v) is 7.65. The largest absolute Gasteiger partial charge is 0.502 e. The van der Waals surface area contributed by atoms with Gasteiger partial charge in [-0.1, -0.05) is 42.5 Å². The monoisotopic (exact) mass is 427 g/mol. The highest BCUT2D eigenvalue weighted by Crippen LogP contribution is 2.57. The molecule has 2 unspecified atom stereocenters. The maximum Gasteiger partial charge on any atom is 0.277 e. The lowest BCUT2D eigenvalue weighted by Crippen LogP contribution is -2.63. The number of carbonyl (C=O) groups excluding carboxylic acids is 1. The summed E-state index contributed by atoms with van der Waals surface area (Å²) >= 11 is 0. The molecule has 1 N–H and O–H groups in total. The smallest absolute Gasteiger partial charge is 0.277 e. The van der Waals surface area contributed by atoms with Crippen LogP contribution in [-0.4, -0.2) is 33.8 Å². The van der Waals surface area contributed by atoms with Gasteiger partial charge >= 0.3 is 0 Å². The number of aromatic hydroxyl groups is 1. The van der Waals surface area contributed by atoms with Crippen LogP contribution in [0.5, 0.6) is 5.75 Å². The summed E-state index contributed by atoms with van der Waals surface area (Å²) in [7, 11) is 0. The van der Waals surface area contributed by atoms with E-state index in [4.69, 9.17) is 0 Å². The molecular formula is C26H25N3O3. The van der Waals surface area contributed by atoms with Gasteiger partial charge in [0.15, 0.2) is 11.4 Å². The lowest BCUT2D eigenvalue weighted by atomic mass is 9.81. The number of aromatic nitrogens is 1. The number of hydrogen-bond acceptors (Lipinski definition) is 4. The number of fused-ring (bicyclic) bond motifs is 6. The first-order valence-electron chi connectivity index (χ1n) is 11.2. The van der Waals surface area contributed by atoms with Crippen molar-refractivity contribution in [1.82, 2.24) is 9.58 Å². The van der Waals surface area contributed by atoms with Crippen molar-refractivity contribution in [1.29, 1.82) is 0 Å². The maximum atomic E-state index is 13.2. The van der Waals surface area contributed by atoms with Crippen LogP contribution in [0.15, 0.2) is 59.5 Å². The molecule has 1 aromatic heterocycles. The van der Waals surface area contributed by atoms with Gasteiger partial charge in [-0.25, -0.2) is 0 Å². The van der Waals surface area contributed by atoms with E-state index in [1.165, 1.54) is 33.9 Å². The molecule has 6 heteroatoms. The van der Waals surface area contributed by atoms with Crippen LogP contribution in [0.4, 0.5) is 0 Å². The summed E-state index contributed by atoms with van der Waals surface area (Å²) in [4.78, 5) is 27.2. The third kappa shape index (κ3) is 2.19. The quantitative estimate of drug-likeness (QED) is 0.683. The molecule has 6 rings (SSSR count). The zero-order valence-corrected chi connectivity index (χ0v) is 18.2. The van der Waals surface area contributed by atoms with E-state index in [-0.39, 0.29) is 17.5 Å². The summed E-state index contributed by atoms with van der Waals surface area (Å²) < 4.78 is 1.73. The molecule has 0 bridgehead atoms. The molecule has 0 radical (unpaired) electrons. The van der Waals surface area contributed by atoms with Crippen LogP contribution in [0.1, 0.15) is 45.2 Å². The fourth-order valence-corrected chi connectivity index (χ4v) is 6.24. The highest BCUT2D eigenvalue weighted by atomic mass is 16.3. The molecule has 3 aliphatic rings. The highest BCUT2D eigenvalue weighted by molar-refractivity contribution is 5.96. The second kappa shape index (κ2) is 6.48. The molecule has 2 atom stereocenters. The van der Waals surface area contributed by atoms with Crippen molar-refractivity contribution in [3.63, 3.8) is 0 Å². The Morgan fingerprint density at radius 3 is 2.62 bits per heavy atom. The molecular weight excluding hydrogens is 402 g/mol. The molecule has 0 saturated carbocycles. The van der Waals surface area contributed by atoms with Crippen molar-refractivity contribution >= 4 is 5.91 Å². The van der Waals surface area contributed by atoms with E-state index in [0.29, 0.717) is 13.2 Å². The first kappa shape index (κ1) is 19.2. The maximum absolute atomic E-state index is 13.2. The fraction of sp³-hybridized carbons (Fsp3) is 0.308. The van der Waals surface area contributed by atoms with Crippen LogP contribution in [-0.2, 0) is 18.4 Å². The van der Waals surface area contributed by atoms with Gasteiger partial charge < -0.3 is 10.0 Å². The number of nitrogens with zero attached hydrogens (tertiary/aromatic N) is 3.